The van der Waals surface area contributed by atoms with E-state index in [0.29, 0.717) is 13.0 Å². The Morgan fingerprint density at radius 2 is 1.52 bits per heavy atom. The maximum Gasteiger partial charge on any atom is 0.231 e. The number of likely N-dealkylation sites (N-methyl/N-ethyl adjacent to an activating group) is 1. The van der Waals surface area contributed by atoms with Gasteiger partial charge in [0.2, 0.25) is 11.8 Å². The molecule has 23 heavy (non-hydrogen) atoms. The Morgan fingerprint density at radius 3 is 2.04 bits per heavy atom. The minimum absolute atomic E-state index is 0.0185. The summed E-state index contributed by atoms with van der Waals surface area (Å²) in [5.41, 5.74) is 2.67. The van der Waals surface area contributed by atoms with Crippen molar-refractivity contribution in [3.8, 4) is 0 Å². The van der Waals surface area contributed by atoms with Gasteiger partial charge in [0.05, 0.1) is 6.42 Å². The molecule has 0 saturated heterocycles. The molecular weight excluding hydrogens is 288 g/mol. The van der Waals surface area contributed by atoms with Crippen molar-refractivity contribution in [3.63, 3.8) is 0 Å². The van der Waals surface area contributed by atoms with E-state index in [-0.39, 0.29) is 11.8 Å². The second-order valence-electron chi connectivity index (χ2n) is 5.39. The van der Waals surface area contributed by atoms with Gasteiger partial charge in [0.1, 0.15) is 0 Å². The molecule has 0 fully saturated rings. The molecule has 0 radical (unpaired) electrons. The van der Waals surface area contributed by atoms with Crippen molar-refractivity contribution in [1.29, 1.82) is 0 Å². The van der Waals surface area contributed by atoms with Gasteiger partial charge in [-0.2, -0.15) is 0 Å². The minimum atomic E-state index is -0.0185. The van der Waals surface area contributed by atoms with Crippen molar-refractivity contribution >= 4 is 23.2 Å². The average Bonchev–Trinajstić information content (AvgIpc) is 2.56. The lowest BCUT2D eigenvalue weighted by Gasteiger charge is -2.21. The highest BCUT2D eigenvalue weighted by Gasteiger charge is 2.14. The number of benzene rings is 2. The molecule has 0 spiro atoms. The molecular formula is C19H22N2O2. The molecule has 2 rings (SSSR count). The summed E-state index contributed by atoms with van der Waals surface area (Å²) in [6, 6.07) is 17.2. The maximum absolute atomic E-state index is 12.5. The van der Waals surface area contributed by atoms with Gasteiger partial charge in [-0.1, -0.05) is 30.3 Å². The fourth-order valence-electron chi connectivity index (χ4n) is 2.40. The van der Waals surface area contributed by atoms with Crippen molar-refractivity contribution in [3.05, 3.63) is 60.2 Å². The van der Waals surface area contributed by atoms with E-state index in [1.807, 2.05) is 61.5 Å². The predicted molar refractivity (Wildman–Crippen MR) is 93.7 cm³/mol. The number of hydrogen-bond donors (Lipinski definition) is 0. The van der Waals surface area contributed by atoms with Crippen molar-refractivity contribution < 1.29 is 9.59 Å². The van der Waals surface area contributed by atoms with Crippen LogP contribution in [0.25, 0.3) is 0 Å². The Labute approximate surface area is 137 Å². The highest BCUT2D eigenvalue weighted by atomic mass is 16.2. The van der Waals surface area contributed by atoms with Gasteiger partial charge in [0, 0.05) is 31.9 Å². The number of para-hydroxylation sites is 1. The molecule has 0 heterocycles. The summed E-state index contributed by atoms with van der Waals surface area (Å²) in [7, 11) is 1.73. The minimum Gasteiger partial charge on any atom is -0.316 e. The summed E-state index contributed by atoms with van der Waals surface area (Å²) in [6.45, 7) is 4.13. The van der Waals surface area contributed by atoms with Gasteiger partial charge in [0.15, 0.2) is 0 Å². The number of anilines is 2. The fraction of sp³-hybridized carbons (Fsp3) is 0.263. The van der Waals surface area contributed by atoms with Crippen LogP contribution in [-0.4, -0.2) is 25.4 Å². The Bertz CT molecular complexity index is 666. The normalized spacial score (nSPS) is 10.2. The molecule has 0 atom stereocenters. The van der Waals surface area contributed by atoms with E-state index in [0.717, 1.165) is 16.9 Å². The molecule has 2 aromatic rings. The van der Waals surface area contributed by atoms with Crippen LogP contribution in [0.1, 0.15) is 19.4 Å². The van der Waals surface area contributed by atoms with Crippen LogP contribution in [0.15, 0.2) is 54.6 Å². The molecule has 0 bridgehead atoms. The van der Waals surface area contributed by atoms with Crippen molar-refractivity contribution in [2.75, 3.05) is 23.4 Å². The summed E-state index contributed by atoms with van der Waals surface area (Å²) in [6.07, 6.45) is 0.340. The molecule has 0 aliphatic rings. The first kappa shape index (κ1) is 16.7. The van der Waals surface area contributed by atoms with Crippen molar-refractivity contribution in [1.82, 2.24) is 0 Å². The molecule has 2 amide bonds. The third-order valence-electron chi connectivity index (χ3n) is 3.84. The molecule has 2 aromatic carbocycles. The van der Waals surface area contributed by atoms with Crippen LogP contribution in [0.3, 0.4) is 0 Å². The van der Waals surface area contributed by atoms with Crippen molar-refractivity contribution in [2.24, 2.45) is 0 Å². The van der Waals surface area contributed by atoms with Gasteiger partial charge in [-0.05, 0) is 36.8 Å². The quantitative estimate of drug-likeness (QED) is 0.850. The van der Waals surface area contributed by atoms with E-state index in [2.05, 4.69) is 0 Å². The van der Waals surface area contributed by atoms with Crippen LogP contribution in [0, 0.1) is 0 Å². The standard InChI is InChI=1S/C19H22N2O2/c1-4-21(18-8-6-5-7-9-18)19(23)14-16-10-12-17(13-11-16)20(3)15(2)22/h5-13H,4,14H2,1-3H3. The lowest BCUT2D eigenvalue weighted by molar-refractivity contribution is -0.118. The summed E-state index contributed by atoms with van der Waals surface area (Å²) >= 11 is 0. The van der Waals surface area contributed by atoms with Crippen LogP contribution in [-0.2, 0) is 16.0 Å². The van der Waals surface area contributed by atoms with Crippen LogP contribution in [0.4, 0.5) is 11.4 Å². The van der Waals surface area contributed by atoms with E-state index < -0.39 is 0 Å². The number of carbonyl (C=O) groups excluding carboxylic acids is 2. The summed E-state index contributed by atoms with van der Waals surface area (Å²) in [5.74, 6) is 0.0430. The monoisotopic (exact) mass is 310 g/mol. The number of amides is 2. The smallest absolute Gasteiger partial charge is 0.231 e. The number of carbonyl (C=O) groups is 2. The summed E-state index contributed by atoms with van der Waals surface area (Å²) in [5, 5.41) is 0. The SMILES string of the molecule is CCN(C(=O)Cc1ccc(N(C)C(C)=O)cc1)c1ccccc1. The fourth-order valence-corrected chi connectivity index (χ4v) is 2.40. The van der Waals surface area contributed by atoms with E-state index in [1.54, 1.807) is 16.8 Å². The van der Waals surface area contributed by atoms with E-state index in [4.69, 9.17) is 0 Å². The molecule has 4 nitrogen and oxygen atoms in total. The number of rotatable bonds is 5. The Hall–Kier alpha value is -2.62. The first-order valence-corrected chi connectivity index (χ1v) is 7.71. The summed E-state index contributed by atoms with van der Waals surface area (Å²) < 4.78 is 0. The van der Waals surface area contributed by atoms with Crippen LogP contribution in [0.5, 0.6) is 0 Å². The van der Waals surface area contributed by atoms with E-state index in [1.165, 1.54) is 6.92 Å². The topological polar surface area (TPSA) is 40.6 Å². The zero-order valence-corrected chi connectivity index (χ0v) is 13.8. The highest BCUT2D eigenvalue weighted by Crippen LogP contribution is 2.17. The van der Waals surface area contributed by atoms with Crippen LogP contribution >= 0.6 is 0 Å². The van der Waals surface area contributed by atoms with Gasteiger partial charge in [0.25, 0.3) is 0 Å². The van der Waals surface area contributed by atoms with E-state index in [9.17, 15) is 9.59 Å². The van der Waals surface area contributed by atoms with Gasteiger partial charge < -0.3 is 9.80 Å². The number of hydrogen-bond acceptors (Lipinski definition) is 2. The van der Waals surface area contributed by atoms with Gasteiger partial charge in [-0.3, -0.25) is 9.59 Å². The van der Waals surface area contributed by atoms with Crippen molar-refractivity contribution in [2.45, 2.75) is 20.3 Å². The maximum atomic E-state index is 12.5. The van der Waals surface area contributed by atoms with Gasteiger partial charge in [-0.15, -0.1) is 0 Å². The van der Waals surface area contributed by atoms with Gasteiger partial charge in [-0.25, -0.2) is 0 Å². The Balaban J connectivity index is 2.09. The lowest BCUT2D eigenvalue weighted by atomic mass is 10.1. The third-order valence-corrected chi connectivity index (χ3v) is 3.84. The summed E-state index contributed by atoms with van der Waals surface area (Å²) in [4.78, 5) is 27.2. The zero-order valence-electron chi connectivity index (χ0n) is 13.8. The molecule has 0 saturated carbocycles. The molecule has 0 unspecified atom stereocenters. The molecule has 0 N–H and O–H groups in total. The average molecular weight is 310 g/mol. The zero-order chi connectivity index (χ0) is 16.8. The van der Waals surface area contributed by atoms with Crippen LogP contribution in [0.2, 0.25) is 0 Å². The molecule has 0 aromatic heterocycles. The third kappa shape index (κ3) is 4.19. The first-order valence-electron chi connectivity index (χ1n) is 7.71. The largest absolute Gasteiger partial charge is 0.316 e. The first-order chi connectivity index (χ1) is 11.0. The second kappa shape index (κ2) is 7.58. The molecule has 120 valence electrons. The van der Waals surface area contributed by atoms with Crippen LogP contribution < -0.4 is 9.80 Å². The van der Waals surface area contributed by atoms with Gasteiger partial charge >= 0.3 is 0 Å². The molecule has 0 aliphatic carbocycles. The lowest BCUT2D eigenvalue weighted by Crippen LogP contribution is -2.31. The molecule has 4 heteroatoms. The molecule has 0 aliphatic heterocycles. The second-order valence-corrected chi connectivity index (χ2v) is 5.39. The van der Waals surface area contributed by atoms with E-state index >= 15 is 0 Å². The predicted octanol–water partition coefficient (Wildman–Crippen LogP) is 3.26. The Morgan fingerprint density at radius 1 is 0.913 bits per heavy atom. The Kier molecular flexibility index (Phi) is 5.52. The number of nitrogens with zero attached hydrogens (tertiary/aromatic N) is 2. The highest BCUT2D eigenvalue weighted by molar-refractivity contribution is 5.95.